The summed E-state index contributed by atoms with van der Waals surface area (Å²) >= 11 is 0. The predicted molar refractivity (Wildman–Crippen MR) is 107 cm³/mol. The molecule has 0 unspecified atom stereocenters. The maximum Gasteiger partial charge on any atom is 0.416 e. The van der Waals surface area contributed by atoms with E-state index in [-0.39, 0.29) is 12.5 Å². The smallest absolute Gasteiger partial charge is 0.337 e. The Morgan fingerprint density at radius 1 is 1.07 bits per heavy atom. The van der Waals surface area contributed by atoms with Gasteiger partial charge in [-0.15, -0.1) is 0 Å². The molecule has 1 heterocycles. The number of hydrogen-bond acceptors (Lipinski definition) is 4. The monoisotopic (exact) mass is 422 g/mol. The third kappa shape index (κ3) is 6.19. The lowest BCUT2D eigenvalue weighted by atomic mass is 9.92. The van der Waals surface area contributed by atoms with Crippen molar-refractivity contribution in [1.29, 1.82) is 5.26 Å². The number of nitrogens with one attached hydrogen (secondary N) is 1. The van der Waals surface area contributed by atoms with Crippen LogP contribution in [0, 0.1) is 11.3 Å². The summed E-state index contributed by atoms with van der Waals surface area (Å²) in [6.07, 6.45) is 1.21. The zero-order valence-corrected chi connectivity index (χ0v) is 17.2. The number of carbonyl (C=O) groups excluding carboxylic acids is 1. The Hall–Kier alpha value is -2.11. The van der Waals surface area contributed by atoms with Crippen LogP contribution in [0.4, 0.5) is 13.2 Å². The minimum absolute atomic E-state index is 0.121. The number of hydrogen-bond donors (Lipinski definition) is 1. The molecule has 0 spiro atoms. The molecule has 1 aromatic rings. The molecule has 1 aliphatic heterocycles. The van der Waals surface area contributed by atoms with Crippen molar-refractivity contribution in [2.24, 2.45) is 0 Å². The molecule has 5 nitrogen and oxygen atoms in total. The van der Waals surface area contributed by atoms with Crippen molar-refractivity contribution in [3.05, 3.63) is 35.4 Å². The molecule has 164 valence electrons. The van der Waals surface area contributed by atoms with Crippen molar-refractivity contribution in [2.75, 3.05) is 32.7 Å². The lowest BCUT2D eigenvalue weighted by molar-refractivity contribution is -0.137. The van der Waals surface area contributed by atoms with Gasteiger partial charge in [0.2, 0.25) is 5.91 Å². The van der Waals surface area contributed by atoms with Crippen LogP contribution in [0.5, 0.6) is 0 Å². The second kappa shape index (κ2) is 9.80. The molecule has 1 amide bonds. The highest BCUT2D eigenvalue weighted by molar-refractivity contribution is 5.79. The van der Waals surface area contributed by atoms with Crippen LogP contribution in [0.2, 0.25) is 0 Å². The first-order valence-electron chi connectivity index (χ1n) is 10.6. The molecule has 8 heteroatoms. The van der Waals surface area contributed by atoms with Crippen molar-refractivity contribution in [3.63, 3.8) is 0 Å². The molecule has 0 atom stereocenters. The molecule has 1 saturated carbocycles. The van der Waals surface area contributed by atoms with Gasteiger partial charge < -0.3 is 5.32 Å². The molecule has 30 heavy (non-hydrogen) atoms. The van der Waals surface area contributed by atoms with Gasteiger partial charge in [0, 0.05) is 32.7 Å². The minimum atomic E-state index is -4.33. The molecular formula is C22H29F3N4O. The van der Waals surface area contributed by atoms with Crippen molar-refractivity contribution in [2.45, 2.75) is 56.8 Å². The van der Waals surface area contributed by atoms with E-state index in [0.29, 0.717) is 51.1 Å². The number of nitrogens with zero attached hydrogens (tertiary/aromatic N) is 3. The summed E-state index contributed by atoms with van der Waals surface area (Å²) in [6.45, 7) is 3.43. The average Bonchev–Trinajstić information content (AvgIpc) is 2.95. The molecule has 1 saturated heterocycles. The van der Waals surface area contributed by atoms with Crippen LogP contribution < -0.4 is 5.32 Å². The quantitative estimate of drug-likeness (QED) is 0.738. The molecule has 2 aliphatic rings. The predicted octanol–water partition coefficient (Wildman–Crippen LogP) is 3.56. The topological polar surface area (TPSA) is 59.4 Å². The fourth-order valence-corrected chi connectivity index (χ4v) is 4.32. The maximum absolute atomic E-state index is 12.9. The first kappa shape index (κ1) is 22.6. The maximum atomic E-state index is 12.9. The number of benzene rings is 1. The lowest BCUT2D eigenvalue weighted by Crippen LogP contribution is -2.53. The number of carbonyl (C=O) groups is 1. The highest BCUT2D eigenvalue weighted by Gasteiger charge is 2.33. The van der Waals surface area contributed by atoms with E-state index in [1.54, 1.807) is 6.07 Å². The number of piperazine rings is 1. The van der Waals surface area contributed by atoms with E-state index in [0.717, 1.165) is 31.7 Å². The van der Waals surface area contributed by atoms with E-state index in [1.165, 1.54) is 12.1 Å². The second-order valence-corrected chi connectivity index (χ2v) is 8.41. The van der Waals surface area contributed by atoms with Crippen LogP contribution in [0.1, 0.15) is 49.7 Å². The van der Waals surface area contributed by atoms with Crippen molar-refractivity contribution >= 4 is 5.91 Å². The van der Waals surface area contributed by atoms with Gasteiger partial charge in [-0.3, -0.25) is 14.6 Å². The Balaban J connectivity index is 1.46. The van der Waals surface area contributed by atoms with Crippen LogP contribution in [-0.4, -0.2) is 54.0 Å². The first-order chi connectivity index (χ1) is 14.3. The van der Waals surface area contributed by atoms with Gasteiger partial charge in [-0.05, 0) is 24.5 Å². The highest BCUT2D eigenvalue weighted by atomic mass is 19.4. The van der Waals surface area contributed by atoms with E-state index >= 15 is 0 Å². The number of amides is 1. The van der Waals surface area contributed by atoms with Gasteiger partial charge in [-0.25, -0.2) is 0 Å². The molecule has 1 aromatic carbocycles. The fourth-order valence-electron chi connectivity index (χ4n) is 4.32. The van der Waals surface area contributed by atoms with E-state index in [9.17, 15) is 23.2 Å². The molecule has 0 radical (unpaired) electrons. The zero-order valence-electron chi connectivity index (χ0n) is 17.2. The van der Waals surface area contributed by atoms with Crippen LogP contribution in [0.25, 0.3) is 0 Å². The van der Waals surface area contributed by atoms with E-state index in [4.69, 9.17) is 0 Å². The first-order valence-corrected chi connectivity index (χ1v) is 10.6. The second-order valence-electron chi connectivity index (χ2n) is 8.41. The lowest BCUT2D eigenvalue weighted by Gasteiger charge is -2.35. The van der Waals surface area contributed by atoms with Crippen molar-refractivity contribution < 1.29 is 18.0 Å². The summed E-state index contributed by atoms with van der Waals surface area (Å²) in [5.41, 5.74) is -0.723. The molecular weight excluding hydrogens is 393 g/mol. The average molecular weight is 422 g/mol. The van der Waals surface area contributed by atoms with Crippen LogP contribution >= 0.6 is 0 Å². The van der Waals surface area contributed by atoms with Gasteiger partial charge in [0.1, 0.15) is 5.54 Å². The summed E-state index contributed by atoms with van der Waals surface area (Å²) in [6, 6.07) is 7.78. The Bertz CT molecular complexity index is 758. The third-order valence-corrected chi connectivity index (χ3v) is 6.04. The van der Waals surface area contributed by atoms with Crippen LogP contribution in [0.15, 0.2) is 24.3 Å². The van der Waals surface area contributed by atoms with E-state index in [2.05, 4.69) is 16.3 Å². The van der Waals surface area contributed by atoms with Gasteiger partial charge in [-0.1, -0.05) is 43.9 Å². The number of nitriles is 1. The Labute approximate surface area is 175 Å². The summed E-state index contributed by atoms with van der Waals surface area (Å²) in [7, 11) is 0. The van der Waals surface area contributed by atoms with Gasteiger partial charge in [0.15, 0.2) is 0 Å². The van der Waals surface area contributed by atoms with Gasteiger partial charge in [0.05, 0.1) is 18.2 Å². The van der Waals surface area contributed by atoms with E-state index < -0.39 is 17.3 Å². The largest absolute Gasteiger partial charge is 0.416 e. The highest BCUT2D eigenvalue weighted by Crippen LogP contribution is 2.30. The van der Waals surface area contributed by atoms with Crippen LogP contribution in [0.3, 0.4) is 0 Å². The standard InChI is InChI=1S/C22H29F3N4O/c23-22(24,25)19-7-5-6-18(14-19)15-28-10-12-29(13-11-28)16-20(30)27-21(17-26)8-3-1-2-4-9-21/h5-7,14H,1-4,8-13,15-16H2,(H,27,30). The molecule has 1 N–H and O–H groups in total. The summed E-state index contributed by atoms with van der Waals surface area (Å²) < 4.78 is 38.7. The minimum Gasteiger partial charge on any atom is -0.337 e. The molecule has 3 rings (SSSR count). The summed E-state index contributed by atoms with van der Waals surface area (Å²) in [5.74, 6) is -0.121. The van der Waals surface area contributed by atoms with Gasteiger partial charge in [-0.2, -0.15) is 18.4 Å². The Morgan fingerprint density at radius 2 is 1.70 bits per heavy atom. The fraction of sp³-hybridized carbons (Fsp3) is 0.636. The molecule has 0 aromatic heterocycles. The van der Waals surface area contributed by atoms with Crippen molar-refractivity contribution in [3.8, 4) is 6.07 Å². The number of halogens is 3. The number of rotatable bonds is 5. The van der Waals surface area contributed by atoms with Gasteiger partial charge >= 0.3 is 6.18 Å². The molecule has 2 fully saturated rings. The van der Waals surface area contributed by atoms with E-state index in [1.807, 2.05) is 4.90 Å². The SMILES string of the molecule is N#CC1(NC(=O)CN2CCN(Cc3cccc(C(F)(F)F)c3)CC2)CCCCCC1. The van der Waals surface area contributed by atoms with Crippen LogP contribution in [-0.2, 0) is 17.5 Å². The Morgan fingerprint density at radius 3 is 2.30 bits per heavy atom. The number of alkyl halides is 3. The van der Waals surface area contributed by atoms with Crippen molar-refractivity contribution in [1.82, 2.24) is 15.1 Å². The normalized spacial score (nSPS) is 20.9. The summed E-state index contributed by atoms with van der Waals surface area (Å²) in [5, 5.41) is 12.6. The third-order valence-electron chi connectivity index (χ3n) is 6.04. The molecule has 1 aliphatic carbocycles. The zero-order chi connectivity index (χ0) is 21.6. The molecule has 0 bridgehead atoms. The Kier molecular flexibility index (Phi) is 7.37. The summed E-state index contributed by atoms with van der Waals surface area (Å²) in [4.78, 5) is 16.7. The van der Waals surface area contributed by atoms with Gasteiger partial charge in [0.25, 0.3) is 0 Å².